The maximum atomic E-state index is 9.06. The van der Waals surface area contributed by atoms with Gasteiger partial charge in [-0.25, -0.2) is 0 Å². The third-order valence-electron chi connectivity index (χ3n) is 1.76. The number of aliphatic hydroxyl groups is 1. The van der Waals surface area contributed by atoms with E-state index in [0.29, 0.717) is 0 Å². The molecule has 0 amide bonds. The Morgan fingerprint density at radius 2 is 2.29 bits per heavy atom. The minimum Gasteiger partial charge on any atom is -0.389 e. The first-order valence-electron chi connectivity index (χ1n) is 2.61. The van der Waals surface area contributed by atoms with Crippen molar-refractivity contribution in [3.05, 3.63) is 0 Å². The Morgan fingerprint density at radius 1 is 1.86 bits per heavy atom. The van der Waals surface area contributed by atoms with Crippen molar-refractivity contribution in [3.8, 4) is 0 Å². The molecule has 1 aliphatic rings. The lowest BCUT2D eigenvalue weighted by molar-refractivity contribution is -0.0367. The topological polar surface area (TPSA) is 46.2 Å². The maximum absolute atomic E-state index is 9.06. The smallest absolute Gasteiger partial charge is 0.0770 e. The normalized spacial score (nSPS) is 51.0. The molecule has 0 aliphatic heterocycles. The highest BCUT2D eigenvalue weighted by molar-refractivity contribution is 4.95. The predicted octanol–water partition coefficient (Wildman–Crippen LogP) is -0.142. The zero-order valence-corrected chi connectivity index (χ0v) is 4.52. The fourth-order valence-electron chi connectivity index (χ4n) is 0.729. The van der Waals surface area contributed by atoms with Gasteiger partial charge in [0, 0.05) is 6.04 Å². The van der Waals surface area contributed by atoms with Crippen molar-refractivity contribution in [2.24, 2.45) is 5.73 Å². The summed E-state index contributed by atoms with van der Waals surface area (Å²) >= 11 is 0. The fraction of sp³-hybridized carbons (Fsp3) is 1.00. The summed E-state index contributed by atoms with van der Waals surface area (Å²) in [7, 11) is 0. The number of rotatable bonds is 0. The first-order valence-corrected chi connectivity index (χ1v) is 2.61. The summed E-state index contributed by atoms with van der Waals surface area (Å²) in [6, 6.07) is 0.0347. The molecule has 0 unspecified atom stereocenters. The lowest BCUT2D eigenvalue weighted by atomic mass is 9.77. The van der Waals surface area contributed by atoms with Crippen LogP contribution in [0.4, 0.5) is 0 Å². The molecule has 0 aromatic carbocycles. The van der Waals surface area contributed by atoms with E-state index in [2.05, 4.69) is 0 Å². The van der Waals surface area contributed by atoms with E-state index >= 15 is 0 Å². The summed E-state index contributed by atoms with van der Waals surface area (Å²) in [5, 5.41) is 9.06. The number of hydrogen-bond donors (Lipinski definition) is 2. The SMILES string of the molecule is C[C@@]1(O)CC[C@H]1N. The van der Waals surface area contributed by atoms with Crippen molar-refractivity contribution in [2.75, 3.05) is 0 Å². The van der Waals surface area contributed by atoms with Crippen LogP contribution in [0.1, 0.15) is 19.8 Å². The number of hydrogen-bond acceptors (Lipinski definition) is 2. The van der Waals surface area contributed by atoms with Crippen LogP contribution in [0.3, 0.4) is 0 Å². The van der Waals surface area contributed by atoms with E-state index in [-0.39, 0.29) is 6.04 Å². The van der Waals surface area contributed by atoms with E-state index in [1.807, 2.05) is 0 Å². The van der Waals surface area contributed by atoms with Gasteiger partial charge >= 0.3 is 0 Å². The molecule has 2 heteroatoms. The summed E-state index contributed by atoms with van der Waals surface area (Å²) in [5.41, 5.74) is 4.86. The summed E-state index contributed by atoms with van der Waals surface area (Å²) in [6.07, 6.45) is 1.85. The highest BCUT2D eigenvalue weighted by atomic mass is 16.3. The molecule has 0 heterocycles. The van der Waals surface area contributed by atoms with Crippen LogP contribution >= 0.6 is 0 Å². The Hall–Kier alpha value is -0.0800. The first-order chi connectivity index (χ1) is 3.13. The van der Waals surface area contributed by atoms with Crippen molar-refractivity contribution in [1.29, 1.82) is 0 Å². The third-order valence-corrected chi connectivity index (χ3v) is 1.76. The van der Waals surface area contributed by atoms with Crippen LogP contribution in [0.25, 0.3) is 0 Å². The molecule has 0 radical (unpaired) electrons. The van der Waals surface area contributed by atoms with Crippen molar-refractivity contribution in [3.63, 3.8) is 0 Å². The molecule has 0 spiro atoms. The van der Waals surface area contributed by atoms with Gasteiger partial charge in [-0.3, -0.25) is 0 Å². The van der Waals surface area contributed by atoms with Gasteiger partial charge in [-0.2, -0.15) is 0 Å². The molecule has 0 aromatic heterocycles. The molecular weight excluding hydrogens is 90.1 g/mol. The lowest BCUT2D eigenvalue weighted by Gasteiger charge is -2.39. The second kappa shape index (κ2) is 1.20. The van der Waals surface area contributed by atoms with E-state index in [0.717, 1.165) is 12.8 Å². The highest BCUT2D eigenvalue weighted by Gasteiger charge is 2.37. The van der Waals surface area contributed by atoms with Gasteiger partial charge in [0.25, 0.3) is 0 Å². The number of nitrogens with two attached hydrogens (primary N) is 1. The molecule has 1 saturated carbocycles. The molecular formula is C5H11NO. The monoisotopic (exact) mass is 101 g/mol. The second-order valence-electron chi connectivity index (χ2n) is 2.50. The van der Waals surface area contributed by atoms with Gasteiger partial charge in [0.2, 0.25) is 0 Å². The van der Waals surface area contributed by atoms with Gasteiger partial charge in [-0.15, -0.1) is 0 Å². The van der Waals surface area contributed by atoms with E-state index in [1.165, 1.54) is 0 Å². The summed E-state index contributed by atoms with van der Waals surface area (Å²) in [6.45, 7) is 1.78. The standard InChI is InChI=1S/C5H11NO/c1-5(7)3-2-4(5)6/h4,7H,2-3,6H2,1H3/t4-,5-/m1/s1. The molecule has 2 nitrogen and oxygen atoms in total. The molecule has 7 heavy (non-hydrogen) atoms. The van der Waals surface area contributed by atoms with Crippen LogP contribution in [0.15, 0.2) is 0 Å². The van der Waals surface area contributed by atoms with Crippen LogP contribution < -0.4 is 5.73 Å². The average Bonchev–Trinajstić information content (AvgIpc) is 1.63. The Bertz CT molecular complexity index is 80.1. The Morgan fingerprint density at radius 3 is 2.29 bits per heavy atom. The first kappa shape index (κ1) is 5.06. The van der Waals surface area contributed by atoms with Crippen molar-refractivity contribution in [1.82, 2.24) is 0 Å². The van der Waals surface area contributed by atoms with Gasteiger partial charge in [-0.1, -0.05) is 0 Å². The van der Waals surface area contributed by atoms with Gasteiger partial charge in [0.05, 0.1) is 5.60 Å². The van der Waals surface area contributed by atoms with Crippen LogP contribution in [-0.2, 0) is 0 Å². The van der Waals surface area contributed by atoms with Gasteiger partial charge in [0.15, 0.2) is 0 Å². The molecule has 1 aliphatic carbocycles. The third kappa shape index (κ3) is 0.640. The Labute approximate surface area is 43.3 Å². The average molecular weight is 101 g/mol. The summed E-state index contributed by atoms with van der Waals surface area (Å²) < 4.78 is 0. The Balaban J connectivity index is 2.43. The largest absolute Gasteiger partial charge is 0.389 e. The van der Waals surface area contributed by atoms with Crippen molar-refractivity contribution < 1.29 is 5.11 Å². The minimum absolute atomic E-state index is 0.0347. The molecule has 2 atom stereocenters. The maximum Gasteiger partial charge on any atom is 0.0770 e. The fourth-order valence-corrected chi connectivity index (χ4v) is 0.729. The van der Waals surface area contributed by atoms with Gasteiger partial charge < -0.3 is 10.8 Å². The van der Waals surface area contributed by atoms with E-state index in [4.69, 9.17) is 10.8 Å². The minimum atomic E-state index is -0.542. The molecule has 3 N–H and O–H groups in total. The quantitative estimate of drug-likeness (QED) is 0.446. The highest BCUT2D eigenvalue weighted by Crippen LogP contribution is 2.29. The Kier molecular flexibility index (Phi) is 0.869. The van der Waals surface area contributed by atoms with Crippen molar-refractivity contribution in [2.45, 2.75) is 31.4 Å². The second-order valence-corrected chi connectivity index (χ2v) is 2.50. The van der Waals surface area contributed by atoms with Crippen LogP contribution in [0.2, 0.25) is 0 Å². The zero-order chi connectivity index (χ0) is 5.49. The molecule has 0 bridgehead atoms. The predicted molar refractivity (Wildman–Crippen MR) is 27.8 cm³/mol. The van der Waals surface area contributed by atoms with Gasteiger partial charge in [0.1, 0.15) is 0 Å². The van der Waals surface area contributed by atoms with Gasteiger partial charge in [-0.05, 0) is 19.8 Å². The van der Waals surface area contributed by atoms with Crippen molar-refractivity contribution >= 4 is 0 Å². The summed E-state index contributed by atoms with van der Waals surface area (Å²) in [5.74, 6) is 0. The molecule has 1 fully saturated rings. The van der Waals surface area contributed by atoms with E-state index < -0.39 is 5.60 Å². The lowest BCUT2D eigenvalue weighted by Crippen LogP contribution is -2.54. The molecule has 0 saturated heterocycles. The van der Waals surface area contributed by atoms with Crippen LogP contribution in [-0.4, -0.2) is 16.7 Å². The van der Waals surface area contributed by atoms with E-state index in [9.17, 15) is 0 Å². The van der Waals surface area contributed by atoms with E-state index in [1.54, 1.807) is 6.92 Å². The van der Waals surface area contributed by atoms with Crippen LogP contribution in [0.5, 0.6) is 0 Å². The summed E-state index contributed by atoms with van der Waals surface area (Å²) in [4.78, 5) is 0. The molecule has 42 valence electrons. The van der Waals surface area contributed by atoms with Crippen LogP contribution in [0, 0.1) is 0 Å². The zero-order valence-electron chi connectivity index (χ0n) is 4.52. The molecule has 1 rings (SSSR count). The molecule has 0 aromatic rings.